The van der Waals surface area contributed by atoms with Gasteiger partial charge >= 0.3 is 0 Å². The molecule has 1 aromatic carbocycles. The number of β-amino-alcohol motifs (C(OH)–C–C–N with tert-alkyl or cyclic N) is 1. The lowest BCUT2D eigenvalue weighted by Gasteiger charge is -2.46. The zero-order valence-electron chi connectivity index (χ0n) is 24.6. The van der Waals surface area contributed by atoms with Crippen molar-refractivity contribution in [2.45, 2.75) is 44.1 Å². The van der Waals surface area contributed by atoms with Gasteiger partial charge in [0.1, 0.15) is 17.2 Å². The molecule has 0 radical (unpaired) electrons. The molecule has 44 heavy (non-hydrogen) atoms. The third kappa shape index (κ3) is 8.98. The van der Waals surface area contributed by atoms with Crippen LogP contribution in [0.15, 0.2) is 30.6 Å². The molecule has 2 aliphatic heterocycles. The Morgan fingerprint density at radius 3 is 2.39 bits per heavy atom. The van der Waals surface area contributed by atoms with E-state index in [1.807, 2.05) is 0 Å². The van der Waals surface area contributed by atoms with Crippen molar-refractivity contribution < 1.29 is 39.1 Å². The normalized spacial score (nSPS) is 16.9. The molecule has 0 unspecified atom stereocenters. The summed E-state index contributed by atoms with van der Waals surface area (Å²) in [4.78, 5) is 37.0. The second kappa shape index (κ2) is 15.3. The lowest BCUT2D eigenvalue weighted by molar-refractivity contribution is -0.160. The predicted octanol–water partition coefficient (Wildman–Crippen LogP) is 0.930. The predicted molar refractivity (Wildman–Crippen MR) is 160 cm³/mol. The molecule has 2 fully saturated rings. The molecule has 0 bridgehead atoms. The first kappa shape index (κ1) is 33.8. The fourth-order valence-corrected chi connectivity index (χ4v) is 5.50. The van der Waals surface area contributed by atoms with E-state index in [4.69, 9.17) is 16.3 Å². The Labute approximate surface area is 260 Å². The number of aliphatic hydroxyl groups is 4. The number of carbonyl (C=O) groups excluding carboxylic acids is 2. The average molecular weight is 638 g/mol. The number of piperidine rings is 1. The Kier molecular flexibility index (Phi) is 11.7. The molecule has 0 spiro atoms. The second-order valence-electron chi connectivity index (χ2n) is 12.0. The van der Waals surface area contributed by atoms with Crippen LogP contribution >= 0.6 is 11.6 Å². The molecule has 4 rings (SSSR count). The van der Waals surface area contributed by atoms with E-state index in [0.717, 1.165) is 38.8 Å². The summed E-state index contributed by atoms with van der Waals surface area (Å²) in [7, 11) is 0. The Morgan fingerprint density at radius 2 is 1.77 bits per heavy atom. The first-order chi connectivity index (χ1) is 21.1. The molecule has 0 atom stereocenters. The molecule has 2 amide bonds. The van der Waals surface area contributed by atoms with E-state index < -0.39 is 42.6 Å². The highest BCUT2D eigenvalue weighted by Crippen LogP contribution is 2.27. The van der Waals surface area contributed by atoms with Crippen LogP contribution in [0.1, 0.15) is 37.7 Å². The van der Waals surface area contributed by atoms with Crippen LogP contribution in [0.25, 0.3) is 0 Å². The van der Waals surface area contributed by atoms with Gasteiger partial charge in [0.15, 0.2) is 0 Å². The fourth-order valence-electron chi connectivity index (χ4n) is 5.41. The molecule has 12 nitrogen and oxygen atoms in total. The number of halogens is 2. The maximum Gasteiger partial charge on any atom is 0.227 e. The number of benzene rings is 1. The van der Waals surface area contributed by atoms with Crippen molar-refractivity contribution >= 4 is 29.4 Å². The molecule has 2 aromatic rings. The van der Waals surface area contributed by atoms with Crippen LogP contribution in [-0.4, -0.2) is 112 Å². The summed E-state index contributed by atoms with van der Waals surface area (Å²) in [6, 6.07) is 4.43. The summed E-state index contributed by atoms with van der Waals surface area (Å²) < 4.78 is 20.5. The lowest BCUT2D eigenvalue weighted by atomic mass is 9.88. The number of amides is 2. The molecule has 14 heteroatoms. The molecule has 3 heterocycles. The van der Waals surface area contributed by atoms with Crippen molar-refractivity contribution in [2.24, 2.45) is 11.3 Å². The third-order valence-corrected chi connectivity index (χ3v) is 8.57. The van der Waals surface area contributed by atoms with Crippen molar-refractivity contribution in [3.05, 3.63) is 47.0 Å². The molecule has 0 saturated carbocycles. The Balaban J connectivity index is 1.13. The quantitative estimate of drug-likeness (QED) is 0.177. The molecule has 2 saturated heterocycles. The Bertz CT molecular complexity index is 1240. The first-order valence-electron chi connectivity index (χ1n) is 14.8. The van der Waals surface area contributed by atoms with Crippen molar-refractivity contribution in [1.82, 2.24) is 20.2 Å². The number of hydrogen-bond acceptors (Lipinski definition) is 10. The molecule has 2 aliphatic rings. The number of likely N-dealkylation sites (tertiary alicyclic amines) is 1. The van der Waals surface area contributed by atoms with Gasteiger partial charge in [0.25, 0.3) is 0 Å². The monoisotopic (exact) mass is 637 g/mol. The summed E-state index contributed by atoms with van der Waals surface area (Å²) in [6.45, 7) is 0.302. The van der Waals surface area contributed by atoms with Gasteiger partial charge in [-0.25, -0.2) is 14.4 Å². The lowest BCUT2D eigenvalue weighted by Crippen LogP contribution is -2.65. The number of aliphatic hydroxyl groups excluding tert-OH is 3. The molecular weight excluding hydrogens is 597 g/mol. The Hall–Kier alpha value is -3.10. The standard InChI is InChI=1S/C30H41ClFN5O7/c31-23-13-33-28(34-14-23)36-7-5-21(6-8-36)2-1-9-44-24-4-3-22(25(32)11-24)10-27(42)37-16-30(43,17-37)12-26(41)35-15-29(18-38,19-39)20-40/h3-4,11,13-14,21,38-40,43H,1-2,5-10,12,15-20H2,(H,35,41). The minimum atomic E-state index is -1.43. The highest BCUT2D eigenvalue weighted by molar-refractivity contribution is 6.30. The van der Waals surface area contributed by atoms with Crippen LogP contribution in [-0.2, 0) is 16.0 Å². The fraction of sp³-hybridized carbons (Fsp3) is 0.600. The number of anilines is 1. The number of ether oxygens (including phenoxy) is 1. The summed E-state index contributed by atoms with van der Waals surface area (Å²) >= 11 is 5.87. The van der Waals surface area contributed by atoms with Crippen molar-refractivity contribution in [3.8, 4) is 5.75 Å². The number of nitrogens with one attached hydrogen (secondary N) is 1. The number of nitrogens with zero attached hydrogens (tertiary/aromatic N) is 4. The van der Waals surface area contributed by atoms with Crippen LogP contribution in [0, 0.1) is 17.2 Å². The van der Waals surface area contributed by atoms with Gasteiger partial charge in [-0.3, -0.25) is 9.59 Å². The zero-order chi connectivity index (χ0) is 31.7. The summed E-state index contributed by atoms with van der Waals surface area (Å²) in [6.07, 6.45) is 6.62. The number of hydrogen-bond donors (Lipinski definition) is 5. The number of aromatic nitrogens is 2. The minimum absolute atomic E-state index is 0.0822. The van der Waals surface area contributed by atoms with E-state index >= 15 is 0 Å². The van der Waals surface area contributed by atoms with Crippen LogP contribution in [0.3, 0.4) is 0 Å². The van der Waals surface area contributed by atoms with E-state index in [-0.39, 0.29) is 43.9 Å². The van der Waals surface area contributed by atoms with E-state index in [1.165, 1.54) is 17.0 Å². The number of carbonyl (C=O) groups is 2. The number of rotatable bonds is 15. The van der Waals surface area contributed by atoms with Crippen LogP contribution in [0.5, 0.6) is 5.75 Å². The van der Waals surface area contributed by atoms with E-state index in [1.54, 1.807) is 18.5 Å². The maximum absolute atomic E-state index is 14.8. The van der Waals surface area contributed by atoms with Crippen LogP contribution < -0.4 is 15.0 Å². The van der Waals surface area contributed by atoms with Crippen molar-refractivity contribution in [3.63, 3.8) is 0 Å². The van der Waals surface area contributed by atoms with Gasteiger partial charge in [-0.2, -0.15) is 0 Å². The van der Waals surface area contributed by atoms with Crippen molar-refractivity contribution in [1.29, 1.82) is 0 Å². The van der Waals surface area contributed by atoms with Gasteiger partial charge in [-0.1, -0.05) is 17.7 Å². The summed E-state index contributed by atoms with van der Waals surface area (Å²) in [5, 5.41) is 41.7. The minimum Gasteiger partial charge on any atom is -0.493 e. The van der Waals surface area contributed by atoms with Gasteiger partial charge in [0, 0.05) is 25.7 Å². The maximum atomic E-state index is 14.8. The molecular formula is C30H41ClFN5O7. The van der Waals surface area contributed by atoms with Gasteiger partial charge in [0.2, 0.25) is 17.8 Å². The van der Waals surface area contributed by atoms with Crippen LogP contribution in [0.2, 0.25) is 5.02 Å². The molecule has 1 aromatic heterocycles. The van der Waals surface area contributed by atoms with Crippen molar-refractivity contribution in [2.75, 3.05) is 64.1 Å². The average Bonchev–Trinajstić information content (AvgIpc) is 3.01. The summed E-state index contributed by atoms with van der Waals surface area (Å²) in [5.41, 5.74) is -2.49. The largest absolute Gasteiger partial charge is 0.493 e. The van der Waals surface area contributed by atoms with Gasteiger partial charge in [0.05, 0.1) is 75.2 Å². The van der Waals surface area contributed by atoms with Gasteiger partial charge in [-0.05, 0) is 43.2 Å². The topological polar surface area (TPSA) is 169 Å². The molecule has 0 aliphatic carbocycles. The van der Waals surface area contributed by atoms with E-state index in [2.05, 4.69) is 20.2 Å². The smallest absolute Gasteiger partial charge is 0.227 e. The van der Waals surface area contributed by atoms with Gasteiger partial charge in [-0.15, -0.1) is 0 Å². The van der Waals surface area contributed by atoms with Crippen LogP contribution in [0.4, 0.5) is 10.3 Å². The SMILES string of the molecule is O=C(CC1(O)CN(C(=O)Cc2ccc(OCCCC3CCN(c4ncc(Cl)cn4)CC3)cc2F)C1)NCC(CO)(CO)CO. The highest BCUT2D eigenvalue weighted by Gasteiger charge is 2.45. The zero-order valence-corrected chi connectivity index (χ0v) is 25.4. The van der Waals surface area contributed by atoms with E-state index in [9.17, 15) is 34.4 Å². The second-order valence-corrected chi connectivity index (χ2v) is 12.4. The third-order valence-electron chi connectivity index (χ3n) is 8.38. The molecule has 5 N–H and O–H groups in total. The highest BCUT2D eigenvalue weighted by atomic mass is 35.5. The molecule has 242 valence electrons. The van der Waals surface area contributed by atoms with Gasteiger partial charge < -0.3 is 40.3 Å². The first-order valence-corrected chi connectivity index (χ1v) is 15.2. The Morgan fingerprint density at radius 1 is 1.11 bits per heavy atom. The van der Waals surface area contributed by atoms with E-state index in [0.29, 0.717) is 29.2 Å². The summed E-state index contributed by atoms with van der Waals surface area (Å²) in [5.74, 6) is 0.186.